The first kappa shape index (κ1) is 13.3. The Hall–Kier alpha value is -1.69. The molecule has 3 rings (SSSR count). The second-order valence-corrected chi connectivity index (χ2v) is 6.01. The number of benzene rings is 1. The molecule has 2 heterocycles. The van der Waals surface area contributed by atoms with Gasteiger partial charge in [-0.1, -0.05) is 5.16 Å². The molecule has 1 aromatic heterocycles. The molecule has 20 heavy (non-hydrogen) atoms. The van der Waals surface area contributed by atoms with Gasteiger partial charge in [-0.15, -0.1) is 11.8 Å². The minimum Gasteiger partial charge on any atom is -0.490 e. The lowest BCUT2D eigenvalue weighted by Gasteiger charge is -2.10. The van der Waals surface area contributed by atoms with E-state index in [-0.39, 0.29) is 5.25 Å². The molecule has 0 aliphatic carbocycles. The average molecular weight is 292 g/mol. The van der Waals surface area contributed by atoms with Crippen LogP contribution in [0.5, 0.6) is 11.5 Å². The standard InChI is InChI=1S/C14H16N2O3S/c1-9(14-15-10(2)16-19-14)20-11-4-5-12-13(8-11)18-7-3-6-17-12/h4-5,8-9H,3,6-7H2,1-2H3. The van der Waals surface area contributed by atoms with Crippen LogP contribution in [-0.2, 0) is 0 Å². The third-order valence-corrected chi connectivity index (χ3v) is 4.00. The summed E-state index contributed by atoms with van der Waals surface area (Å²) in [4.78, 5) is 5.35. The van der Waals surface area contributed by atoms with E-state index < -0.39 is 0 Å². The van der Waals surface area contributed by atoms with Gasteiger partial charge in [-0.3, -0.25) is 0 Å². The lowest BCUT2D eigenvalue weighted by Crippen LogP contribution is -1.97. The van der Waals surface area contributed by atoms with Crippen LogP contribution in [0, 0.1) is 6.92 Å². The van der Waals surface area contributed by atoms with Crippen molar-refractivity contribution in [3.05, 3.63) is 29.9 Å². The first-order chi connectivity index (χ1) is 9.72. The molecule has 1 atom stereocenters. The molecule has 1 aromatic carbocycles. The third-order valence-electron chi connectivity index (χ3n) is 2.92. The van der Waals surface area contributed by atoms with Gasteiger partial charge >= 0.3 is 0 Å². The Kier molecular flexibility index (Phi) is 3.82. The smallest absolute Gasteiger partial charge is 0.239 e. The molecule has 0 amide bonds. The van der Waals surface area contributed by atoms with Crippen molar-refractivity contribution in [3.63, 3.8) is 0 Å². The normalized spacial score (nSPS) is 15.7. The van der Waals surface area contributed by atoms with Gasteiger partial charge in [-0.2, -0.15) is 4.98 Å². The SMILES string of the molecule is Cc1noc(C(C)Sc2ccc3c(c2)OCCCO3)n1. The molecule has 1 aliphatic rings. The molecule has 0 bridgehead atoms. The number of ether oxygens (including phenoxy) is 2. The van der Waals surface area contributed by atoms with E-state index in [1.54, 1.807) is 11.8 Å². The van der Waals surface area contributed by atoms with Crippen molar-refractivity contribution in [1.29, 1.82) is 0 Å². The molecule has 0 saturated heterocycles. The Morgan fingerprint density at radius 3 is 2.75 bits per heavy atom. The van der Waals surface area contributed by atoms with Crippen LogP contribution in [-0.4, -0.2) is 23.4 Å². The first-order valence-electron chi connectivity index (χ1n) is 6.59. The molecule has 0 radical (unpaired) electrons. The highest BCUT2D eigenvalue weighted by Crippen LogP contribution is 2.39. The fraction of sp³-hybridized carbons (Fsp3) is 0.429. The number of rotatable bonds is 3. The summed E-state index contributed by atoms with van der Waals surface area (Å²) in [6, 6.07) is 5.98. The predicted molar refractivity (Wildman–Crippen MR) is 75.4 cm³/mol. The van der Waals surface area contributed by atoms with E-state index in [4.69, 9.17) is 14.0 Å². The van der Waals surface area contributed by atoms with Crippen LogP contribution in [0.3, 0.4) is 0 Å². The quantitative estimate of drug-likeness (QED) is 0.808. The van der Waals surface area contributed by atoms with Gasteiger partial charge in [0.2, 0.25) is 5.89 Å². The third kappa shape index (κ3) is 2.90. The number of aryl methyl sites for hydroxylation is 1. The summed E-state index contributed by atoms with van der Waals surface area (Å²) in [5.41, 5.74) is 0. The van der Waals surface area contributed by atoms with Crippen molar-refractivity contribution in [1.82, 2.24) is 10.1 Å². The maximum absolute atomic E-state index is 5.69. The lowest BCUT2D eigenvalue weighted by atomic mass is 10.3. The highest BCUT2D eigenvalue weighted by molar-refractivity contribution is 7.99. The summed E-state index contributed by atoms with van der Waals surface area (Å²) in [6.07, 6.45) is 0.912. The molecule has 2 aromatic rings. The zero-order valence-electron chi connectivity index (χ0n) is 11.5. The van der Waals surface area contributed by atoms with Crippen LogP contribution >= 0.6 is 11.8 Å². The molecule has 0 fully saturated rings. The summed E-state index contributed by atoms with van der Waals surface area (Å²) in [5, 5.41) is 3.92. The van der Waals surface area contributed by atoms with Gasteiger partial charge in [0, 0.05) is 11.3 Å². The van der Waals surface area contributed by atoms with E-state index in [0.29, 0.717) is 24.9 Å². The number of hydrogen-bond donors (Lipinski definition) is 0. The van der Waals surface area contributed by atoms with E-state index in [9.17, 15) is 0 Å². The Bertz CT molecular complexity index is 600. The van der Waals surface area contributed by atoms with Crippen LogP contribution in [0.4, 0.5) is 0 Å². The lowest BCUT2D eigenvalue weighted by molar-refractivity contribution is 0.297. The molecular weight excluding hydrogens is 276 g/mol. The highest BCUT2D eigenvalue weighted by atomic mass is 32.2. The number of thioether (sulfide) groups is 1. The Balaban J connectivity index is 1.76. The van der Waals surface area contributed by atoms with Gasteiger partial charge in [-0.25, -0.2) is 0 Å². The van der Waals surface area contributed by atoms with Crippen LogP contribution in [0.1, 0.15) is 30.3 Å². The van der Waals surface area contributed by atoms with Crippen molar-refractivity contribution in [2.45, 2.75) is 30.4 Å². The fourth-order valence-corrected chi connectivity index (χ4v) is 2.88. The highest BCUT2D eigenvalue weighted by Gasteiger charge is 2.16. The van der Waals surface area contributed by atoms with Crippen LogP contribution in [0.15, 0.2) is 27.6 Å². The van der Waals surface area contributed by atoms with E-state index in [0.717, 1.165) is 22.8 Å². The molecule has 6 heteroatoms. The van der Waals surface area contributed by atoms with Crippen LogP contribution < -0.4 is 9.47 Å². The van der Waals surface area contributed by atoms with Gasteiger partial charge in [0.25, 0.3) is 0 Å². The van der Waals surface area contributed by atoms with E-state index in [2.05, 4.69) is 10.1 Å². The molecule has 0 saturated carbocycles. The van der Waals surface area contributed by atoms with Crippen molar-refractivity contribution in [3.8, 4) is 11.5 Å². The van der Waals surface area contributed by atoms with Crippen LogP contribution in [0.25, 0.3) is 0 Å². The summed E-state index contributed by atoms with van der Waals surface area (Å²) in [5.74, 6) is 2.92. The number of aromatic nitrogens is 2. The van der Waals surface area contributed by atoms with Gasteiger partial charge in [-0.05, 0) is 32.0 Å². The van der Waals surface area contributed by atoms with Gasteiger partial charge in [0.1, 0.15) is 0 Å². The largest absolute Gasteiger partial charge is 0.490 e. The zero-order valence-corrected chi connectivity index (χ0v) is 12.3. The number of hydrogen-bond acceptors (Lipinski definition) is 6. The molecule has 0 spiro atoms. The van der Waals surface area contributed by atoms with Crippen LogP contribution in [0.2, 0.25) is 0 Å². The Morgan fingerprint density at radius 1 is 1.20 bits per heavy atom. The number of nitrogens with zero attached hydrogens (tertiary/aromatic N) is 2. The van der Waals surface area contributed by atoms with Crippen molar-refractivity contribution in [2.75, 3.05) is 13.2 Å². The summed E-state index contributed by atoms with van der Waals surface area (Å²) in [6.45, 7) is 5.26. The van der Waals surface area contributed by atoms with Crippen molar-refractivity contribution in [2.24, 2.45) is 0 Å². The fourth-order valence-electron chi connectivity index (χ4n) is 1.95. The second-order valence-electron chi connectivity index (χ2n) is 4.60. The topological polar surface area (TPSA) is 57.4 Å². The molecule has 0 N–H and O–H groups in total. The Labute approximate surface area is 121 Å². The van der Waals surface area contributed by atoms with Crippen molar-refractivity contribution < 1.29 is 14.0 Å². The van der Waals surface area contributed by atoms with E-state index >= 15 is 0 Å². The summed E-state index contributed by atoms with van der Waals surface area (Å²) in [7, 11) is 0. The van der Waals surface area contributed by atoms with Gasteiger partial charge < -0.3 is 14.0 Å². The number of fused-ring (bicyclic) bond motifs is 1. The summed E-state index contributed by atoms with van der Waals surface area (Å²) >= 11 is 1.66. The maximum atomic E-state index is 5.69. The molecule has 5 nitrogen and oxygen atoms in total. The maximum Gasteiger partial charge on any atom is 0.239 e. The molecule has 106 valence electrons. The second kappa shape index (κ2) is 5.75. The predicted octanol–water partition coefficient (Wildman–Crippen LogP) is 3.39. The molecule has 1 aliphatic heterocycles. The van der Waals surface area contributed by atoms with Gasteiger partial charge in [0.05, 0.1) is 18.5 Å². The van der Waals surface area contributed by atoms with E-state index in [1.165, 1.54) is 0 Å². The average Bonchev–Trinajstić information content (AvgIpc) is 2.74. The van der Waals surface area contributed by atoms with Gasteiger partial charge in [0.15, 0.2) is 17.3 Å². The summed E-state index contributed by atoms with van der Waals surface area (Å²) < 4.78 is 16.5. The first-order valence-corrected chi connectivity index (χ1v) is 7.47. The zero-order chi connectivity index (χ0) is 13.9. The monoisotopic (exact) mass is 292 g/mol. The van der Waals surface area contributed by atoms with Crippen molar-refractivity contribution >= 4 is 11.8 Å². The molecule has 1 unspecified atom stereocenters. The van der Waals surface area contributed by atoms with E-state index in [1.807, 2.05) is 32.0 Å². The molecular formula is C14H16N2O3S. The minimum absolute atomic E-state index is 0.0981. The minimum atomic E-state index is 0.0981. The Morgan fingerprint density at radius 2 is 2.00 bits per heavy atom.